The van der Waals surface area contributed by atoms with Gasteiger partial charge in [-0.1, -0.05) is 29.3 Å². The van der Waals surface area contributed by atoms with Crippen molar-refractivity contribution in [2.45, 2.75) is 32.6 Å². The van der Waals surface area contributed by atoms with E-state index in [2.05, 4.69) is 15.9 Å². The molecule has 0 aliphatic heterocycles. The van der Waals surface area contributed by atoms with Crippen molar-refractivity contribution >= 4 is 15.9 Å². The minimum absolute atomic E-state index is 0.00521. The van der Waals surface area contributed by atoms with Gasteiger partial charge in [0.15, 0.2) is 0 Å². The fraction of sp³-hybridized carbons (Fsp3) is 1.00. The van der Waals surface area contributed by atoms with Crippen molar-refractivity contribution in [2.75, 3.05) is 5.33 Å². The van der Waals surface area contributed by atoms with E-state index in [0.717, 1.165) is 13.3 Å². The average molecular weight is 215 g/mol. The molecule has 1 unspecified atom stereocenters. The van der Waals surface area contributed by atoms with Gasteiger partial charge < -0.3 is 0 Å². The minimum Gasteiger partial charge on any atom is -0.207 e. The maximum absolute atomic E-state index is 12.3. The fourth-order valence-corrected chi connectivity index (χ4v) is 1.50. The van der Waals surface area contributed by atoms with E-state index < -0.39 is 5.92 Å². The molecule has 0 amide bonds. The maximum Gasteiger partial charge on any atom is 0.245 e. The molecule has 3 heteroatoms. The standard InChI is InChI=1S/C7H13BrF2/c1-3-6(5-8)4-7(2,9)10/h6H,3-5H2,1-2H3. The fourth-order valence-electron chi connectivity index (χ4n) is 0.815. The third kappa shape index (κ3) is 5.15. The van der Waals surface area contributed by atoms with Gasteiger partial charge in [0.05, 0.1) is 0 Å². The second kappa shape index (κ2) is 4.27. The Hall–Kier alpha value is 0.340. The van der Waals surface area contributed by atoms with E-state index in [4.69, 9.17) is 0 Å². The molecule has 0 radical (unpaired) electrons. The summed E-state index contributed by atoms with van der Waals surface area (Å²) in [7, 11) is 0. The topological polar surface area (TPSA) is 0 Å². The molecule has 0 aromatic carbocycles. The number of alkyl halides is 3. The molecule has 0 fully saturated rings. The van der Waals surface area contributed by atoms with E-state index in [1.165, 1.54) is 0 Å². The molecule has 0 aromatic rings. The number of halogens is 3. The van der Waals surface area contributed by atoms with Crippen LogP contribution in [0.4, 0.5) is 8.78 Å². The lowest BCUT2D eigenvalue weighted by Crippen LogP contribution is -2.16. The average Bonchev–Trinajstić information content (AvgIpc) is 1.81. The Bertz CT molecular complexity index is 84.1. The van der Waals surface area contributed by atoms with Crippen LogP contribution in [0.1, 0.15) is 26.7 Å². The van der Waals surface area contributed by atoms with Crippen LogP contribution in [-0.2, 0) is 0 Å². The molecule has 0 rings (SSSR count). The largest absolute Gasteiger partial charge is 0.245 e. The lowest BCUT2D eigenvalue weighted by molar-refractivity contribution is -0.000937. The van der Waals surface area contributed by atoms with E-state index >= 15 is 0 Å². The molecular formula is C7H13BrF2. The number of hydrogen-bond acceptors (Lipinski definition) is 0. The summed E-state index contributed by atoms with van der Waals surface area (Å²) >= 11 is 3.20. The van der Waals surface area contributed by atoms with Crippen molar-refractivity contribution in [3.63, 3.8) is 0 Å². The van der Waals surface area contributed by atoms with Gasteiger partial charge in [0, 0.05) is 11.8 Å². The van der Waals surface area contributed by atoms with Crippen molar-refractivity contribution in [3.8, 4) is 0 Å². The Balaban J connectivity index is 3.63. The maximum atomic E-state index is 12.3. The molecule has 10 heavy (non-hydrogen) atoms. The molecule has 62 valence electrons. The van der Waals surface area contributed by atoms with E-state index in [1.54, 1.807) is 0 Å². The van der Waals surface area contributed by atoms with Gasteiger partial charge in [0.25, 0.3) is 0 Å². The molecular weight excluding hydrogens is 202 g/mol. The summed E-state index contributed by atoms with van der Waals surface area (Å²) in [6.07, 6.45) is 0.809. The number of hydrogen-bond donors (Lipinski definition) is 0. The first-order valence-corrected chi connectivity index (χ1v) is 4.55. The van der Waals surface area contributed by atoms with Crippen LogP contribution in [0.3, 0.4) is 0 Å². The molecule has 0 spiro atoms. The zero-order valence-electron chi connectivity index (χ0n) is 6.33. The van der Waals surface area contributed by atoms with Crippen LogP contribution < -0.4 is 0 Å². The van der Waals surface area contributed by atoms with Gasteiger partial charge in [-0.3, -0.25) is 0 Å². The van der Waals surface area contributed by atoms with Gasteiger partial charge in [-0.25, -0.2) is 8.78 Å². The third-order valence-corrected chi connectivity index (χ3v) is 2.36. The molecule has 0 saturated heterocycles. The van der Waals surface area contributed by atoms with E-state index in [1.807, 2.05) is 6.92 Å². The van der Waals surface area contributed by atoms with Crippen LogP contribution in [0.25, 0.3) is 0 Å². The Labute approximate surface area is 69.1 Å². The smallest absolute Gasteiger partial charge is 0.207 e. The first-order chi connectivity index (χ1) is 4.49. The Morgan fingerprint density at radius 2 is 2.00 bits per heavy atom. The summed E-state index contributed by atoms with van der Waals surface area (Å²) in [5.41, 5.74) is 0. The normalized spacial score (nSPS) is 15.3. The van der Waals surface area contributed by atoms with Crippen LogP contribution in [0.5, 0.6) is 0 Å². The van der Waals surface area contributed by atoms with Gasteiger partial charge in [-0.2, -0.15) is 0 Å². The summed E-state index contributed by atoms with van der Waals surface area (Å²) < 4.78 is 24.7. The first-order valence-electron chi connectivity index (χ1n) is 3.43. The van der Waals surface area contributed by atoms with Crippen molar-refractivity contribution in [3.05, 3.63) is 0 Å². The predicted molar refractivity (Wildman–Crippen MR) is 42.8 cm³/mol. The van der Waals surface area contributed by atoms with Crippen LogP contribution in [0.15, 0.2) is 0 Å². The molecule has 0 bridgehead atoms. The highest BCUT2D eigenvalue weighted by molar-refractivity contribution is 9.09. The van der Waals surface area contributed by atoms with Crippen molar-refractivity contribution in [1.29, 1.82) is 0 Å². The molecule has 0 saturated carbocycles. The van der Waals surface area contributed by atoms with Crippen molar-refractivity contribution in [2.24, 2.45) is 5.92 Å². The molecule has 0 nitrogen and oxygen atoms in total. The summed E-state index contributed by atoms with van der Waals surface area (Å²) in [6, 6.07) is 0. The monoisotopic (exact) mass is 214 g/mol. The van der Waals surface area contributed by atoms with Gasteiger partial charge in [0.1, 0.15) is 0 Å². The van der Waals surface area contributed by atoms with Crippen LogP contribution in [0, 0.1) is 5.92 Å². The van der Waals surface area contributed by atoms with Crippen molar-refractivity contribution < 1.29 is 8.78 Å². The summed E-state index contributed by atoms with van der Waals surface area (Å²) in [4.78, 5) is 0. The van der Waals surface area contributed by atoms with E-state index in [0.29, 0.717) is 5.33 Å². The highest BCUT2D eigenvalue weighted by atomic mass is 79.9. The highest BCUT2D eigenvalue weighted by Crippen LogP contribution is 2.25. The Morgan fingerprint density at radius 1 is 1.50 bits per heavy atom. The molecule has 1 atom stereocenters. The van der Waals surface area contributed by atoms with Gasteiger partial charge in [0.2, 0.25) is 5.92 Å². The second-order valence-corrected chi connectivity index (χ2v) is 3.35. The lowest BCUT2D eigenvalue weighted by atomic mass is 10.0. The molecule has 0 N–H and O–H groups in total. The summed E-state index contributed by atoms with van der Waals surface area (Å²) in [6.45, 7) is 2.90. The minimum atomic E-state index is -2.51. The first kappa shape index (κ1) is 10.3. The van der Waals surface area contributed by atoms with Crippen LogP contribution >= 0.6 is 15.9 Å². The van der Waals surface area contributed by atoms with Crippen molar-refractivity contribution in [1.82, 2.24) is 0 Å². The third-order valence-electron chi connectivity index (χ3n) is 1.44. The molecule has 0 heterocycles. The highest BCUT2D eigenvalue weighted by Gasteiger charge is 2.24. The summed E-state index contributed by atoms with van der Waals surface area (Å²) in [5.74, 6) is -2.39. The zero-order valence-corrected chi connectivity index (χ0v) is 7.92. The summed E-state index contributed by atoms with van der Waals surface area (Å²) in [5, 5.41) is 0.674. The molecule has 0 aliphatic carbocycles. The molecule has 0 aromatic heterocycles. The van der Waals surface area contributed by atoms with E-state index in [9.17, 15) is 8.78 Å². The quantitative estimate of drug-likeness (QED) is 0.630. The SMILES string of the molecule is CCC(CBr)CC(C)(F)F. The zero-order chi connectivity index (χ0) is 8.20. The number of rotatable bonds is 4. The van der Waals surface area contributed by atoms with Gasteiger partial charge in [-0.15, -0.1) is 0 Å². The van der Waals surface area contributed by atoms with Gasteiger partial charge in [-0.05, 0) is 12.8 Å². The Morgan fingerprint density at radius 3 is 2.10 bits per heavy atom. The molecule has 0 aliphatic rings. The van der Waals surface area contributed by atoms with Crippen LogP contribution in [0.2, 0.25) is 0 Å². The second-order valence-electron chi connectivity index (χ2n) is 2.70. The van der Waals surface area contributed by atoms with Gasteiger partial charge >= 0.3 is 0 Å². The van der Waals surface area contributed by atoms with E-state index in [-0.39, 0.29) is 12.3 Å². The predicted octanol–water partition coefficient (Wildman–Crippen LogP) is 3.45. The van der Waals surface area contributed by atoms with Crippen LogP contribution in [-0.4, -0.2) is 11.3 Å². The lowest BCUT2D eigenvalue weighted by Gasteiger charge is -2.16. The Kier molecular flexibility index (Phi) is 4.41.